The topological polar surface area (TPSA) is 78.4 Å². The van der Waals surface area contributed by atoms with Crippen molar-refractivity contribution in [1.82, 2.24) is 0 Å². The van der Waals surface area contributed by atoms with Crippen LogP contribution in [0.2, 0.25) is 0 Å². The Hall–Kier alpha value is -1.99. The predicted molar refractivity (Wildman–Crippen MR) is 47.2 cm³/mol. The Labute approximate surface area is 87.8 Å². The molecule has 0 saturated carbocycles. The Kier molecular flexibility index (Phi) is 3.21. The summed E-state index contributed by atoms with van der Waals surface area (Å²) < 4.78 is 39.2. The molecule has 0 aliphatic heterocycles. The van der Waals surface area contributed by atoms with Crippen molar-refractivity contribution in [2.75, 3.05) is 0 Å². The van der Waals surface area contributed by atoms with E-state index in [2.05, 4.69) is 4.74 Å². The van der Waals surface area contributed by atoms with Gasteiger partial charge in [0.25, 0.3) is 5.70 Å². The summed E-state index contributed by atoms with van der Waals surface area (Å²) in [5, 5.41) is 10.4. The molecule has 0 spiro atoms. The highest BCUT2D eigenvalue weighted by Gasteiger charge is 2.32. The van der Waals surface area contributed by atoms with Crippen molar-refractivity contribution < 1.29 is 22.8 Å². The Morgan fingerprint density at radius 2 is 2.06 bits per heavy atom. The maximum atomic E-state index is 11.9. The smallest absolute Gasteiger partial charge is 0.410 e. The minimum absolute atomic E-state index is 0.217. The summed E-state index contributed by atoms with van der Waals surface area (Å²) >= 11 is 0. The van der Waals surface area contributed by atoms with Gasteiger partial charge in [-0.15, -0.1) is 13.2 Å². The quantitative estimate of drug-likeness (QED) is 0.585. The lowest BCUT2D eigenvalue weighted by Crippen LogP contribution is -2.12. The number of alkyl halides is 3. The van der Waals surface area contributed by atoms with Gasteiger partial charge in [0, 0.05) is 12.5 Å². The fourth-order valence-electron chi connectivity index (χ4n) is 1.06. The standard InChI is InChI=1S/C8H7F3N2O3/c9-8(10,11)16-5-1-3-6(12)7(4-2-5)13(14)15/h1,3-4H,2,12H2. The molecule has 0 saturated heterocycles. The van der Waals surface area contributed by atoms with Crippen LogP contribution in [0.15, 0.2) is 35.4 Å². The highest BCUT2D eigenvalue weighted by atomic mass is 19.4. The zero-order valence-corrected chi connectivity index (χ0v) is 7.82. The zero-order chi connectivity index (χ0) is 12.3. The summed E-state index contributed by atoms with van der Waals surface area (Å²) in [6.07, 6.45) is -2.23. The van der Waals surface area contributed by atoms with E-state index < -0.39 is 22.7 Å². The fraction of sp³-hybridized carbons (Fsp3) is 0.250. The number of hydrogen-bond donors (Lipinski definition) is 1. The van der Waals surface area contributed by atoms with E-state index in [0.29, 0.717) is 0 Å². The molecular formula is C8H7F3N2O3. The van der Waals surface area contributed by atoms with E-state index in [4.69, 9.17) is 5.73 Å². The van der Waals surface area contributed by atoms with Gasteiger partial charge in [-0.3, -0.25) is 10.1 Å². The maximum Gasteiger partial charge on any atom is 0.572 e. The summed E-state index contributed by atoms with van der Waals surface area (Å²) in [6.45, 7) is 0. The van der Waals surface area contributed by atoms with Gasteiger partial charge in [-0.2, -0.15) is 0 Å². The number of nitrogens with two attached hydrogens (primary N) is 1. The lowest BCUT2D eigenvalue weighted by Gasteiger charge is -2.09. The number of nitrogens with zero attached hydrogens (tertiary/aromatic N) is 1. The molecule has 0 unspecified atom stereocenters. The molecule has 0 atom stereocenters. The molecule has 16 heavy (non-hydrogen) atoms. The fourth-order valence-corrected chi connectivity index (χ4v) is 1.06. The largest absolute Gasteiger partial charge is 0.572 e. The van der Waals surface area contributed by atoms with Gasteiger partial charge < -0.3 is 10.5 Å². The van der Waals surface area contributed by atoms with E-state index in [0.717, 1.165) is 18.2 Å². The first-order valence-electron chi connectivity index (χ1n) is 4.06. The minimum Gasteiger partial charge on any atom is -0.410 e. The molecule has 0 radical (unpaired) electrons. The number of nitro groups is 1. The van der Waals surface area contributed by atoms with Crippen molar-refractivity contribution in [3.05, 3.63) is 45.5 Å². The van der Waals surface area contributed by atoms with Crippen molar-refractivity contribution >= 4 is 0 Å². The van der Waals surface area contributed by atoms with Crippen molar-refractivity contribution in [1.29, 1.82) is 0 Å². The summed E-state index contributed by atoms with van der Waals surface area (Å²) in [7, 11) is 0. The number of ether oxygens (including phenoxy) is 1. The molecule has 1 aliphatic carbocycles. The van der Waals surface area contributed by atoms with Gasteiger partial charge in [-0.25, -0.2) is 0 Å². The molecule has 0 aromatic carbocycles. The van der Waals surface area contributed by atoms with Crippen LogP contribution >= 0.6 is 0 Å². The summed E-state index contributed by atoms with van der Waals surface area (Å²) in [5.74, 6) is -0.452. The van der Waals surface area contributed by atoms with Crippen LogP contribution in [0.25, 0.3) is 0 Å². The average Bonchev–Trinajstić information content (AvgIpc) is 2.26. The van der Waals surface area contributed by atoms with Gasteiger partial charge in [-0.1, -0.05) is 0 Å². The molecular weight excluding hydrogens is 229 g/mol. The van der Waals surface area contributed by atoms with E-state index >= 15 is 0 Å². The summed E-state index contributed by atoms with van der Waals surface area (Å²) in [4.78, 5) is 9.67. The predicted octanol–water partition coefficient (Wildman–Crippen LogP) is 1.81. The molecule has 1 aliphatic rings. The van der Waals surface area contributed by atoms with Gasteiger partial charge in [0.2, 0.25) is 0 Å². The minimum atomic E-state index is -4.82. The molecule has 8 heteroatoms. The number of allylic oxidation sites excluding steroid dienone is 3. The van der Waals surface area contributed by atoms with Gasteiger partial charge in [0.15, 0.2) is 0 Å². The maximum absolute atomic E-state index is 11.9. The summed E-state index contributed by atoms with van der Waals surface area (Å²) in [5.41, 5.74) is 4.63. The number of rotatable bonds is 2. The number of halogens is 3. The molecule has 0 amide bonds. The van der Waals surface area contributed by atoms with Crippen LogP contribution in [-0.2, 0) is 4.74 Å². The Bertz CT molecular complexity index is 396. The summed E-state index contributed by atoms with van der Waals surface area (Å²) in [6, 6.07) is 0. The van der Waals surface area contributed by atoms with Crippen molar-refractivity contribution in [3.63, 3.8) is 0 Å². The zero-order valence-electron chi connectivity index (χ0n) is 7.82. The van der Waals surface area contributed by atoms with E-state index in [1.807, 2.05) is 0 Å². The molecule has 0 heterocycles. The van der Waals surface area contributed by atoms with Crippen LogP contribution in [0.1, 0.15) is 6.42 Å². The van der Waals surface area contributed by atoms with Crippen LogP contribution in [0.3, 0.4) is 0 Å². The van der Waals surface area contributed by atoms with Gasteiger partial charge in [0.05, 0.1) is 4.92 Å². The first-order chi connectivity index (χ1) is 7.29. The second-order valence-electron chi connectivity index (χ2n) is 2.85. The third-order valence-corrected chi connectivity index (χ3v) is 1.68. The Morgan fingerprint density at radius 1 is 1.44 bits per heavy atom. The molecule has 0 aromatic heterocycles. The van der Waals surface area contributed by atoms with Crippen LogP contribution in [0.5, 0.6) is 0 Å². The van der Waals surface area contributed by atoms with Crippen molar-refractivity contribution in [3.8, 4) is 0 Å². The second-order valence-corrected chi connectivity index (χ2v) is 2.85. The highest BCUT2D eigenvalue weighted by Crippen LogP contribution is 2.25. The van der Waals surface area contributed by atoms with E-state index in [9.17, 15) is 23.3 Å². The van der Waals surface area contributed by atoms with Crippen LogP contribution < -0.4 is 5.73 Å². The highest BCUT2D eigenvalue weighted by molar-refractivity contribution is 5.31. The lowest BCUT2D eigenvalue weighted by molar-refractivity contribution is -0.421. The molecule has 88 valence electrons. The third-order valence-electron chi connectivity index (χ3n) is 1.68. The lowest BCUT2D eigenvalue weighted by atomic mass is 10.3. The van der Waals surface area contributed by atoms with Crippen LogP contribution in [-0.4, -0.2) is 11.3 Å². The van der Waals surface area contributed by atoms with Gasteiger partial charge >= 0.3 is 6.36 Å². The normalized spacial score (nSPS) is 16.8. The Morgan fingerprint density at radius 3 is 2.56 bits per heavy atom. The third kappa shape index (κ3) is 3.30. The van der Waals surface area contributed by atoms with E-state index in [1.165, 1.54) is 0 Å². The SMILES string of the molecule is NC1=CC=C(OC(F)(F)F)CC=C1[N+](=O)[O-]. The van der Waals surface area contributed by atoms with E-state index in [-0.39, 0.29) is 12.1 Å². The van der Waals surface area contributed by atoms with Crippen molar-refractivity contribution in [2.45, 2.75) is 12.8 Å². The van der Waals surface area contributed by atoms with Gasteiger partial charge in [-0.05, 0) is 12.2 Å². The molecule has 0 aromatic rings. The van der Waals surface area contributed by atoms with Crippen molar-refractivity contribution in [2.24, 2.45) is 5.73 Å². The van der Waals surface area contributed by atoms with Gasteiger partial charge in [0.1, 0.15) is 11.5 Å². The number of hydrogen-bond acceptors (Lipinski definition) is 4. The molecule has 5 nitrogen and oxygen atoms in total. The van der Waals surface area contributed by atoms with Crippen LogP contribution in [0.4, 0.5) is 13.2 Å². The Balaban J connectivity index is 2.87. The van der Waals surface area contributed by atoms with Crippen LogP contribution in [0, 0.1) is 10.1 Å². The molecule has 2 N–H and O–H groups in total. The first kappa shape index (κ1) is 12.1. The monoisotopic (exact) mass is 236 g/mol. The molecule has 1 rings (SSSR count). The first-order valence-corrected chi connectivity index (χ1v) is 4.06. The molecule has 0 fully saturated rings. The van der Waals surface area contributed by atoms with E-state index in [1.54, 1.807) is 0 Å². The molecule has 0 bridgehead atoms. The average molecular weight is 236 g/mol. The second kappa shape index (κ2) is 4.25.